The third-order valence-electron chi connectivity index (χ3n) is 6.19. The first-order chi connectivity index (χ1) is 16.8. The number of nitrogens with zero attached hydrogens (tertiary/aromatic N) is 3. The predicted octanol–water partition coefficient (Wildman–Crippen LogP) is 6.75. The second-order valence-electron chi connectivity index (χ2n) is 9.22. The second-order valence-corrected chi connectivity index (χ2v) is 9.22. The summed E-state index contributed by atoms with van der Waals surface area (Å²) in [4.78, 5) is 26.0. The van der Waals surface area contributed by atoms with E-state index in [0.29, 0.717) is 23.0 Å². The number of carbonyl (C=O) groups excluding carboxylic acids is 1. The van der Waals surface area contributed by atoms with E-state index in [1.807, 2.05) is 32.0 Å². The zero-order valence-electron chi connectivity index (χ0n) is 20.7. The molecule has 1 fully saturated rings. The van der Waals surface area contributed by atoms with Gasteiger partial charge in [0.05, 0.1) is 16.6 Å². The van der Waals surface area contributed by atoms with Gasteiger partial charge in [-0.2, -0.15) is 0 Å². The molecule has 0 radical (unpaired) electrons. The van der Waals surface area contributed by atoms with Crippen LogP contribution in [0.5, 0.6) is 6.01 Å². The van der Waals surface area contributed by atoms with Crippen LogP contribution in [0.25, 0.3) is 33.5 Å². The van der Waals surface area contributed by atoms with Gasteiger partial charge in [0.1, 0.15) is 23.5 Å². The number of fused-ring (bicyclic) bond motifs is 1. The minimum absolute atomic E-state index is 0.167. The number of aromatic amines is 1. The summed E-state index contributed by atoms with van der Waals surface area (Å²) in [6, 6.07) is 9.53. The molecule has 0 atom stereocenters. The largest absolute Gasteiger partial charge is 0.460 e. The Labute approximate surface area is 205 Å². The molecule has 1 saturated carbocycles. The molecule has 5 rings (SSSR count). The molecule has 0 bridgehead atoms. The first-order valence-electron chi connectivity index (χ1n) is 12.0. The van der Waals surface area contributed by atoms with E-state index in [1.165, 1.54) is 39.2 Å². The number of nitrogens with one attached hydrogen (secondary N) is 1. The SMILES string of the molecule is CC(C)=O.Cc1ccc2[nH]c(-c3ccc(-c4cnc(OC5CCCCC5)nc4)cc3F)nc2c1C. The Morgan fingerprint density at radius 1 is 1.00 bits per heavy atom. The highest BCUT2D eigenvalue weighted by Crippen LogP contribution is 2.29. The number of hydrogen-bond donors (Lipinski definition) is 1. The molecule has 0 aliphatic heterocycles. The third-order valence-corrected chi connectivity index (χ3v) is 6.19. The van der Waals surface area contributed by atoms with Crippen molar-refractivity contribution in [2.75, 3.05) is 0 Å². The van der Waals surface area contributed by atoms with Crippen LogP contribution in [0.1, 0.15) is 57.1 Å². The fraction of sp³-hybridized carbons (Fsp3) is 0.357. The summed E-state index contributed by atoms with van der Waals surface area (Å²) in [7, 11) is 0. The van der Waals surface area contributed by atoms with Crippen LogP contribution in [-0.4, -0.2) is 31.8 Å². The summed E-state index contributed by atoms with van der Waals surface area (Å²) in [5.74, 6) is 0.355. The molecule has 182 valence electrons. The maximum absolute atomic E-state index is 15.0. The van der Waals surface area contributed by atoms with Gasteiger partial charge in [-0.15, -0.1) is 0 Å². The van der Waals surface area contributed by atoms with E-state index in [-0.39, 0.29) is 17.7 Å². The van der Waals surface area contributed by atoms with Crippen molar-refractivity contribution < 1.29 is 13.9 Å². The average Bonchev–Trinajstić information content (AvgIpc) is 3.27. The van der Waals surface area contributed by atoms with Gasteiger partial charge in [0, 0.05) is 18.0 Å². The van der Waals surface area contributed by atoms with E-state index in [1.54, 1.807) is 18.5 Å². The molecule has 2 aromatic carbocycles. The van der Waals surface area contributed by atoms with Gasteiger partial charge in [-0.3, -0.25) is 0 Å². The van der Waals surface area contributed by atoms with Gasteiger partial charge in [0.15, 0.2) is 0 Å². The summed E-state index contributed by atoms with van der Waals surface area (Å²) < 4.78 is 20.9. The normalized spacial score (nSPS) is 13.9. The molecule has 1 N–H and O–H groups in total. The van der Waals surface area contributed by atoms with E-state index in [2.05, 4.69) is 19.9 Å². The van der Waals surface area contributed by atoms with Crippen molar-refractivity contribution in [3.05, 3.63) is 59.7 Å². The van der Waals surface area contributed by atoms with E-state index < -0.39 is 0 Å². The van der Waals surface area contributed by atoms with Crippen LogP contribution in [0.15, 0.2) is 42.7 Å². The highest BCUT2D eigenvalue weighted by atomic mass is 19.1. The molecule has 35 heavy (non-hydrogen) atoms. The van der Waals surface area contributed by atoms with Gasteiger partial charge < -0.3 is 14.5 Å². The maximum atomic E-state index is 15.0. The van der Waals surface area contributed by atoms with Gasteiger partial charge in [-0.05, 0) is 88.3 Å². The lowest BCUT2D eigenvalue weighted by Crippen LogP contribution is -2.20. The smallest absolute Gasteiger partial charge is 0.316 e. The number of ketones is 1. The van der Waals surface area contributed by atoms with Gasteiger partial charge in [-0.25, -0.2) is 19.3 Å². The van der Waals surface area contributed by atoms with Gasteiger partial charge in [0.2, 0.25) is 0 Å². The van der Waals surface area contributed by atoms with Crippen molar-refractivity contribution in [2.45, 2.75) is 65.9 Å². The van der Waals surface area contributed by atoms with E-state index >= 15 is 0 Å². The van der Waals surface area contributed by atoms with Crippen LogP contribution >= 0.6 is 0 Å². The number of aryl methyl sites for hydroxylation is 2. The predicted molar refractivity (Wildman–Crippen MR) is 136 cm³/mol. The minimum Gasteiger partial charge on any atom is -0.460 e. The molecule has 6 nitrogen and oxygen atoms in total. The van der Waals surface area contributed by atoms with Crippen molar-refractivity contribution >= 4 is 16.8 Å². The number of carbonyl (C=O) groups is 1. The average molecular weight is 475 g/mol. The number of hydrogen-bond acceptors (Lipinski definition) is 5. The Morgan fingerprint density at radius 2 is 1.69 bits per heavy atom. The van der Waals surface area contributed by atoms with Crippen molar-refractivity contribution in [1.29, 1.82) is 0 Å². The molecule has 0 unspecified atom stereocenters. The number of imidazole rings is 1. The molecule has 0 amide bonds. The first kappa shape index (κ1) is 24.5. The lowest BCUT2D eigenvalue weighted by atomic mass is 9.98. The summed E-state index contributed by atoms with van der Waals surface area (Å²) in [5.41, 5.74) is 5.95. The van der Waals surface area contributed by atoms with Crippen LogP contribution < -0.4 is 4.74 Å². The van der Waals surface area contributed by atoms with Crippen LogP contribution in [0.3, 0.4) is 0 Å². The Bertz CT molecular complexity index is 1320. The topological polar surface area (TPSA) is 80.8 Å². The van der Waals surface area contributed by atoms with Gasteiger partial charge in [0.25, 0.3) is 0 Å². The maximum Gasteiger partial charge on any atom is 0.316 e. The Morgan fingerprint density at radius 3 is 2.34 bits per heavy atom. The molecule has 0 saturated heterocycles. The van der Waals surface area contributed by atoms with Crippen molar-refractivity contribution in [1.82, 2.24) is 19.9 Å². The molecule has 1 aliphatic rings. The number of benzene rings is 2. The number of H-pyrrole nitrogens is 1. The zero-order chi connectivity index (χ0) is 24.9. The van der Waals surface area contributed by atoms with E-state index in [9.17, 15) is 9.18 Å². The van der Waals surface area contributed by atoms with Crippen molar-refractivity contribution in [3.8, 4) is 28.5 Å². The van der Waals surface area contributed by atoms with E-state index in [4.69, 9.17) is 4.74 Å². The number of aromatic nitrogens is 4. The summed E-state index contributed by atoms with van der Waals surface area (Å²) in [6.07, 6.45) is 9.34. The molecular formula is C28H31FN4O2. The van der Waals surface area contributed by atoms with Gasteiger partial charge >= 0.3 is 6.01 Å². The van der Waals surface area contributed by atoms with Crippen LogP contribution in [0, 0.1) is 19.7 Å². The minimum atomic E-state index is -0.339. The number of rotatable bonds is 4. The lowest BCUT2D eigenvalue weighted by molar-refractivity contribution is -0.114. The number of halogens is 1. The summed E-state index contributed by atoms with van der Waals surface area (Å²) >= 11 is 0. The van der Waals surface area contributed by atoms with Crippen molar-refractivity contribution in [3.63, 3.8) is 0 Å². The molecular weight excluding hydrogens is 443 g/mol. The van der Waals surface area contributed by atoms with Crippen LogP contribution in [-0.2, 0) is 4.79 Å². The first-order valence-corrected chi connectivity index (χ1v) is 12.0. The third kappa shape index (κ3) is 5.91. The van der Waals surface area contributed by atoms with Crippen LogP contribution in [0.4, 0.5) is 4.39 Å². The zero-order valence-corrected chi connectivity index (χ0v) is 20.7. The molecule has 7 heteroatoms. The van der Waals surface area contributed by atoms with Crippen molar-refractivity contribution in [2.24, 2.45) is 0 Å². The quantitative estimate of drug-likeness (QED) is 0.354. The number of Topliss-reactive ketones (excluding diaryl/α,β-unsaturated/α-hetero) is 1. The lowest BCUT2D eigenvalue weighted by Gasteiger charge is -2.21. The number of ether oxygens (including phenoxy) is 1. The second kappa shape index (κ2) is 10.8. The fourth-order valence-corrected chi connectivity index (χ4v) is 4.19. The Hall–Kier alpha value is -3.61. The Kier molecular flexibility index (Phi) is 7.54. The standard InChI is InChI=1S/C25H25FN4O.C3H6O/c1-15-8-11-22-23(16(15)2)30-24(29-22)20-10-9-17(12-21(20)26)18-13-27-25(28-14-18)31-19-6-4-3-5-7-19;1-3(2)4/h8-14,19H,3-7H2,1-2H3,(H,29,30);1-2H3. The molecule has 2 aromatic heterocycles. The van der Waals surface area contributed by atoms with E-state index in [0.717, 1.165) is 40.6 Å². The molecule has 4 aromatic rings. The Balaban J connectivity index is 0.000000672. The fourth-order valence-electron chi connectivity index (χ4n) is 4.19. The highest BCUT2D eigenvalue weighted by molar-refractivity contribution is 5.83. The summed E-state index contributed by atoms with van der Waals surface area (Å²) in [5, 5.41) is 0. The van der Waals surface area contributed by atoms with Crippen LogP contribution in [0.2, 0.25) is 0 Å². The highest BCUT2D eigenvalue weighted by Gasteiger charge is 2.17. The monoisotopic (exact) mass is 474 g/mol. The molecule has 2 heterocycles. The summed E-state index contributed by atoms with van der Waals surface area (Å²) in [6.45, 7) is 7.13. The molecule has 0 spiro atoms. The molecule has 1 aliphatic carbocycles. The van der Waals surface area contributed by atoms with Gasteiger partial charge in [-0.1, -0.05) is 18.6 Å².